The zero-order valence-corrected chi connectivity index (χ0v) is 15.6. The third kappa shape index (κ3) is 8.40. The molecular weight excluding hydrogens is 410 g/mol. The van der Waals surface area contributed by atoms with E-state index in [0.717, 1.165) is 25.8 Å². The highest BCUT2D eigenvalue weighted by atomic mass is 127. The zero-order valence-electron chi connectivity index (χ0n) is 13.3. The highest BCUT2D eigenvalue weighted by Crippen LogP contribution is 2.40. The van der Waals surface area contributed by atoms with Crippen molar-refractivity contribution in [3.05, 3.63) is 0 Å². The van der Waals surface area contributed by atoms with Gasteiger partial charge >= 0.3 is 6.18 Å². The standard InChI is InChI=1S/C14H26F3N3O.HI/c1-18-12(19-9-7-14(15,16)17)20-11-13(8-10-21-2)5-3-4-6-13;/h3-11H2,1-2H3,(H2,18,19,20);1H. The number of alkyl halides is 3. The monoisotopic (exact) mass is 437 g/mol. The number of guanidine groups is 1. The molecule has 1 aliphatic rings. The molecule has 1 saturated carbocycles. The maximum Gasteiger partial charge on any atom is 0.390 e. The van der Waals surface area contributed by atoms with E-state index in [-0.39, 0.29) is 35.9 Å². The molecule has 0 saturated heterocycles. The highest BCUT2D eigenvalue weighted by Gasteiger charge is 2.33. The number of hydrogen-bond donors (Lipinski definition) is 2. The van der Waals surface area contributed by atoms with Gasteiger partial charge < -0.3 is 15.4 Å². The summed E-state index contributed by atoms with van der Waals surface area (Å²) in [6.07, 6.45) is 0.623. The number of halogens is 4. The lowest BCUT2D eigenvalue weighted by atomic mass is 9.83. The summed E-state index contributed by atoms with van der Waals surface area (Å²) in [4.78, 5) is 3.98. The second-order valence-corrected chi connectivity index (χ2v) is 5.67. The molecule has 0 aromatic carbocycles. The fraction of sp³-hybridized carbons (Fsp3) is 0.929. The Morgan fingerprint density at radius 3 is 2.36 bits per heavy atom. The SMILES string of the molecule is CN=C(NCCC(F)(F)F)NCC1(CCOC)CCCC1.I. The van der Waals surface area contributed by atoms with E-state index in [1.54, 1.807) is 14.2 Å². The van der Waals surface area contributed by atoms with Gasteiger partial charge in [0.15, 0.2) is 5.96 Å². The lowest BCUT2D eigenvalue weighted by Gasteiger charge is -2.30. The van der Waals surface area contributed by atoms with Gasteiger partial charge in [-0.15, -0.1) is 24.0 Å². The van der Waals surface area contributed by atoms with Gasteiger partial charge in [-0.25, -0.2) is 0 Å². The van der Waals surface area contributed by atoms with E-state index in [1.165, 1.54) is 12.8 Å². The van der Waals surface area contributed by atoms with Crippen LogP contribution in [0.5, 0.6) is 0 Å². The van der Waals surface area contributed by atoms with Crippen LogP contribution in [-0.2, 0) is 4.74 Å². The largest absolute Gasteiger partial charge is 0.390 e. The van der Waals surface area contributed by atoms with Crippen LogP contribution in [0.4, 0.5) is 13.2 Å². The van der Waals surface area contributed by atoms with Crippen molar-refractivity contribution in [2.75, 3.05) is 33.9 Å². The Labute approximate surface area is 147 Å². The lowest BCUT2D eigenvalue weighted by Crippen LogP contribution is -2.44. The van der Waals surface area contributed by atoms with Gasteiger partial charge in [0.05, 0.1) is 6.42 Å². The number of hydrogen-bond acceptors (Lipinski definition) is 2. The third-order valence-electron chi connectivity index (χ3n) is 4.06. The summed E-state index contributed by atoms with van der Waals surface area (Å²) in [5.41, 5.74) is 0.178. The number of aliphatic imine (C=N–C) groups is 1. The molecule has 4 nitrogen and oxygen atoms in total. The summed E-state index contributed by atoms with van der Waals surface area (Å²) < 4.78 is 41.5. The van der Waals surface area contributed by atoms with Crippen LogP contribution in [0.1, 0.15) is 38.5 Å². The van der Waals surface area contributed by atoms with Crippen LogP contribution in [0.25, 0.3) is 0 Å². The summed E-state index contributed by atoms with van der Waals surface area (Å²) in [5, 5.41) is 5.87. The number of methoxy groups -OCH3 is 1. The van der Waals surface area contributed by atoms with Crippen LogP contribution in [-0.4, -0.2) is 46.0 Å². The van der Waals surface area contributed by atoms with Crippen molar-refractivity contribution in [1.29, 1.82) is 0 Å². The Morgan fingerprint density at radius 1 is 1.23 bits per heavy atom. The Morgan fingerprint density at radius 2 is 1.86 bits per heavy atom. The molecule has 0 heterocycles. The van der Waals surface area contributed by atoms with Crippen molar-refractivity contribution in [2.45, 2.75) is 44.7 Å². The molecule has 0 amide bonds. The van der Waals surface area contributed by atoms with Crippen molar-refractivity contribution < 1.29 is 17.9 Å². The van der Waals surface area contributed by atoms with Crippen LogP contribution < -0.4 is 10.6 Å². The molecule has 0 bridgehead atoms. The van der Waals surface area contributed by atoms with E-state index in [0.29, 0.717) is 12.6 Å². The minimum Gasteiger partial charge on any atom is -0.385 e. The average Bonchev–Trinajstić information content (AvgIpc) is 2.88. The Hall–Kier alpha value is -0.250. The van der Waals surface area contributed by atoms with Gasteiger partial charge in [0.25, 0.3) is 0 Å². The molecule has 0 aromatic heterocycles. The Kier molecular flexibility index (Phi) is 10.4. The van der Waals surface area contributed by atoms with Crippen molar-refractivity contribution in [3.63, 3.8) is 0 Å². The van der Waals surface area contributed by atoms with Gasteiger partial charge in [-0.2, -0.15) is 13.2 Å². The topological polar surface area (TPSA) is 45.7 Å². The summed E-state index contributed by atoms with van der Waals surface area (Å²) in [7, 11) is 3.26. The molecule has 2 N–H and O–H groups in total. The number of ether oxygens (including phenoxy) is 1. The van der Waals surface area contributed by atoms with E-state index in [2.05, 4.69) is 15.6 Å². The molecule has 0 unspecified atom stereocenters. The fourth-order valence-corrected chi connectivity index (χ4v) is 2.77. The number of nitrogens with zero attached hydrogens (tertiary/aromatic N) is 1. The Balaban J connectivity index is 0.00000441. The first kappa shape index (κ1) is 21.8. The maximum atomic E-state index is 12.1. The van der Waals surface area contributed by atoms with Crippen LogP contribution in [0.15, 0.2) is 4.99 Å². The molecule has 22 heavy (non-hydrogen) atoms. The van der Waals surface area contributed by atoms with Crippen molar-refractivity contribution in [3.8, 4) is 0 Å². The van der Waals surface area contributed by atoms with Crippen molar-refractivity contribution >= 4 is 29.9 Å². The summed E-state index contributed by atoms with van der Waals surface area (Å²) in [6, 6.07) is 0. The lowest BCUT2D eigenvalue weighted by molar-refractivity contribution is -0.132. The molecule has 8 heteroatoms. The molecule has 0 aromatic rings. The normalized spacial score (nSPS) is 18.0. The fourth-order valence-electron chi connectivity index (χ4n) is 2.77. The van der Waals surface area contributed by atoms with E-state index in [4.69, 9.17) is 4.74 Å². The molecule has 132 valence electrons. The molecule has 0 aliphatic heterocycles. The van der Waals surface area contributed by atoms with E-state index in [1.807, 2.05) is 0 Å². The van der Waals surface area contributed by atoms with Crippen LogP contribution in [0.3, 0.4) is 0 Å². The average molecular weight is 437 g/mol. The molecule has 0 radical (unpaired) electrons. The van der Waals surface area contributed by atoms with E-state index < -0.39 is 12.6 Å². The summed E-state index contributed by atoms with van der Waals surface area (Å²) in [6.45, 7) is 1.28. The molecular formula is C14H27F3IN3O. The van der Waals surface area contributed by atoms with E-state index >= 15 is 0 Å². The molecule has 0 spiro atoms. The highest BCUT2D eigenvalue weighted by molar-refractivity contribution is 14.0. The number of nitrogens with one attached hydrogen (secondary N) is 2. The summed E-state index contributed by atoms with van der Waals surface area (Å²) in [5.74, 6) is 0.433. The summed E-state index contributed by atoms with van der Waals surface area (Å²) >= 11 is 0. The minimum absolute atomic E-state index is 0. The van der Waals surface area contributed by atoms with E-state index in [9.17, 15) is 13.2 Å². The van der Waals surface area contributed by atoms with Crippen LogP contribution >= 0.6 is 24.0 Å². The molecule has 0 atom stereocenters. The molecule has 1 fully saturated rings. The molecule has 1 aliphatic carbocycles. The van der Waals surface area contributed by atoms with Gasteiger partial charge in [0.1, 0.15) is 0 Å². The minimum atomic E-state index is -4.14. The van der Waals surface area contributed by atoms with Crippen molar-refractivity contribution in [2.24, 2.45) is 10.4 Å². The van der Waals surface area contributed by atoms with Crippen molar-refractivity contribution in [1.82, 2.24) is 10.6 Å². The zero-order chi connectivity index (χ0) is 15.8. The Bertz CT molecular complexity index is 332. The van der Waals surface area contributed by atoms with Crippen LogP contribution in [0.2, 0.25) is 0 Å². The van der Waals surface area contributed by atoms with Gasteiger partial charge in [0.2, 0.25) is 0 Å². The third-order valence-corrected chi connectivity index (χ3v) is 4.06. The van der Waals surface area contributed by atoms with Crippen LogP contribution in [0, 0.1) is 5.41 Å². The first-order valence-corrected chi connectivity index (χ1v) is 7.41. The second kappa shape index (κ2) is 10.5. The van der Waals surface area contributed by atoms with Gasteiger partial charge in [-0.1, -0.05) is 12.8 Å². The first-order valence-electron chi connectivity index (χ1n) is 7.41. The maximum absolute atomic E-state index is 12.1. The first-order chi connectivity index (χ1) is 9.91. The predicted octanol–water partition coefficient (Wildman–Crippen LogP) is 3.32. The van der Waals surface area contributed by atoms with Gasteiger partial charge in [0, 0.05) is 33.9 Å². The smallest absolute Gasteiger partial charge is 0.385 e. The van der Waals surface area contributed by atoms with Gasteiger partial charge in [-0.05, 0) is 24.7 Å². The number of rotatable bonds is 7. The van der Waals surface area contributed by atoms with Gasteiger partial charge in [-0.3, -0.25) is 4.99 Å². The molecule has 1 rings (SSSR count). The second-order valence-electron chi connectivity index (χ2n) is 5.67. The quantitative estimate of drug-likeness (QED) is 0.365. The predicted molar refractivity (Wildman–Crippen MR) is 92.8 cm³/mol.